The Hall–Kier alpha value is -0.650. The summed E-state index contributed by atoms with van der Waals surface area (Å²) in [6.45, 7) is 2.99. The lowest BCUT2D eigenvalue weighted by Crippen LogP contribution is -2.52. The fraction of sp³-hybridized carbons (Fsp3) is 0.923. The number of methoxy groups -OCH3 is 1. The molecule has 1 aliphatic heterocycles. The standard InChI is InChI=1S/C13H24N2O3/c1-17-9-6-15(11-2-3-11)12(16)13(10-14)4-7-18-8-5-13/h11H,2-10,14H2,1H3. The van der Waals surface area contributed by atoms with E-state index >= 15 is 0 Å². The highest BCUT2D eigenvalue weighted by Gasteiger charge is 2.45. The zero-order valence-electron chi connectivity index (χ0n) is 11.2. The summed E-state index contributed by atoms with van der Waals surface area (Å²) in [6, 6.07) is 0.416. The largest absolute Gasteiger partial charge is 0.383 e. The Labute approximate surface area is 109 Å². The molecule has 5 heteroatoms. The smallest absolute Gasteiger partial charge is 0.230 e. The first-order chi connectivity index (χ1) is 8.73. The maximum absolute atomic E-state index is 12.8. The van der Waals surface area contributed by atoms with Gasteiger partial charge in [-0.15, -0.1) is 0 Å². The number of amides is 1. The summed E-state index contributed by atoms with van der Waals surface area (Å²) >= 11 is 0. The van der Waals surface area contributed by atoms with Gasteiger partial charge in [-0.25, -0.2) is 0 Å². The maximum Gasteiger partial charge on any atom is 0.230 e. The molecule has 104 valence electrons. The monoisotopic (exact) mass is 256 g/mol. The van der Waals surface area contributed by atoms with Crippen LogP contribution in [0.15, 0.2) is 0 Å². The van der Waals surface area contributed by atoms with Gasteiger partial charge in [0.05, 0.1) is 12.0 Å². The number of ether oxygens (including phenoxy) is 2. The van der Waals surface area contributed by atoms with Crippen molar-refractivity contribution in [3.05, 3.63) is 0 Å². The van der Waals surface area contributed by atoms with E-state index in [1.165, 1.54) is 0 Å². The Balaban J connectivity index is 2.04. The second-order valence-electron chi connectivity index (χ2n) is 5.32. The SMILES string of the molecule is COCCN(C(=O)C1(CN)CCOCC1)C1CC1. The summed E-state index contributed by atoms with van der Waals surface area (Å²) in [6.07, 6.45) is 3.73. The number of hydrogen-bond donors (Lipinski definition) is 1. The molecule has 2 N–H and O–H groups in total. The molecular weight excluding hydrogens is 232 g/mol. The maximum atomic E-state index is 12.8. The normalized spacial score (nSPS) is 22.8. The van der Waals surface area contributed by atoms with Crippen LogP contribution in [-0.2, 0) is 14.3 Å². The van der Waals surface area contributed by atoms with E-state index in [1.54, 1.807) is 7.11 Å². The van der Waals surface area contributed by atoms with E-state index < -0.39 is 5.41 Å². The molecule has 1 aliphatic carbocycles. The minimum atomic E-state index is -0.394. The molecule has 0 spiro atoms. The number of nitrogens with two attached hydrogens (primary N) is 1. The minimum absolute atomic E-state index is 0.216. The quantitative estimate of drug-likeness (QED) is 0.746. The third-order valence-electron chi connectivity index (χ3n) is 4.08. The van der Waals surface area contributed by atoms with Gasteiger partial charge in [-0.3, -0.25) is 4.79 Å². The first-order valence-corrected chi connectivity index (χ1v) is 6.81. The van der Waals surface area contributed by atoms with Gasteiger partial charge in [-0.2, -0.15) is 0 Å². The summed E-state index contributed by atoms with van der Waals surface area (Å²) in [4.78, 5) is 14.8. The van der Waals surface area contributed by atoms with Crippen molar-refractivity contribution in [2.45, 2.75) is 31.7 Å². The van der Waals surface area contributed by atoms with Crippen molar-refractivity contribution in [3.8, 4) is 0 Å². The summed E-state index contributed by atoms with van der Waals surface area (Å²) in [5.74, 6) is 0.216. The second-order valence-corrected chi connectivity index (χ2v) is 5.32. The van der Waals surface area contributed by atoms with Crippen molar-refractivity contribution in [1.29, 1.82) is 0 Å². The molecule has 2 fully saturated rings. The lowest BCUT2D eigenvalue weighted by Gasteiger charge is -2.39. The molecule has 18 heavy (non-hydrogen) atoms. The van der Waals surface area contributed by atoms with Crippen molar-refractivity contribution in [1.82, 2.24) is 4.90 Å². The van der Waals surface area contributed by atoms with E-state index in [0.717, 1.165) is 25.7 Å². The Morgan fingerprint density at radius 1 is 1.44 bits per heavy atom. The van der Waals surface area contributed by atoms with Gasteiger partial charge in [0.25, 0.3) is 0 Å². The molecule has 0 aromatic carbocycles. The predicted molar refractivity (Wildman–Crippen MR) is 68.2 cm³/mol. The molecule has 0 aromatic heterocycles. The van der Waals surface area contributed by atoms with E-state index in [9.17, 15) is 4.79 Å². The van der Waals surface area contributed by atoms with E-state index in [2.05, 4.69) is 0 Å². The molecule has 1 saturated heterocycles. The van der Waals surface area contributed by atoms with E-state index in [-0.39, 0.29) is 5.91 Å². The van der Waals surface area contributed by atoms with E-state index in [1.807, 2.05) is 4.90 Å². The van der Waals surface area contributed by atoms with Gasteiger partial charge in [0.2, 0.25) is 5.91 Å². The second kappa shape index (κ2) is 5.99. The van der Waals surface area contributed by atoms with Crippen LogP contribution in [0.3, 0.4) is 0 Å². The molecule has 1 amide bonds. The van der Waals surface area contributed by atoms with Crippen LogP contribution in [0.1, 0.15) is 25.7 Å². The Kier molecular flexibility index (Phi) is 4.59. The zero-order chi connectivity index (χ0) is 13.0. The summed E-state index contributed by atoms with van der Waals surface area (Å²) in [5, 5.41) is 0. The first-order valence-electron chi connectivity index (χ1n) is 6.81. The van der Waals surface area contributed by atoms with Gasteiger partial charge in [-0.1, -0.05) is 0 Å². The van der Waals surface area contributed by atoms with Crippen molar-refractivity contribution in [2.24, 2.45) is 11.1 Å². The summed E-state index contributed by atoms with van der Waals surface area (Å²) < 4.78 is 10.5. The van der Waals surface area contributed by atoms with E-state index in [0.29, 0.717) is 39.0 Å². The number of carbonyl (C=O) groups excluding carboxylic acids is 1. The van der Waals surface area contributed by atoms with Gasteiger partial charge in [0.1, 0.15) is 0 Å². The average molecular weight is 256 g/mol. The van der Waals surface area contributed by atoms with Crippen molar-refractivity contribution in [3.63, 3.8) is 0 Å². The lowest BCUT2D eigenvalue weighted by molar-refractivity contribution is -0.148. The average Bonchev–Trinajstić information content (AvgIpc) is 3.24. The van der Waals surface area contributed by atoms with Crippen LogP contribution < -0.4 is 5.73 Å². The van der Waals surface area contributed by atoms with Crippen LogP contribution in [0.25, 0.3) is 0 Å². The third kappa shape index (κ3) is 2.84. The van der Waals surface area contributed by atoms with Gasteiger partial charge < -0.3 is 20.1 Å². The lowest BCUT2D eigenvalue weighted by atomic mass is 9.78. The number of carbonyl (C=O) groups is 1. The number of nitrogens with zero attached hydrogens (tertiary/aromatic N) is 1. The van der Waals surface area contributed by atoms with Crippen molar-refractivity contribution < 1.29 is 14.3 Å². The highest BCUT2D eigenvalue weighted by Crippen LogP contribution is 2.36. The van der Waals surface area contributed by atoms with Gasteiger partial charge >= 0.3 is 0 Å². The van der Waals surface area contributed by atoms with Crippen LogP contribution >= 0.6 is 0 Å². The molecule has 0 unspecified atom stereocenters. The van der Waals surface area contributed by atoms with Crippen LogP contribution in [-0.4, -0.2) is 56.9 Å². The number of rotatable bonds is 6. The van der Waals surface area contributed by atoms with Crippen molar-refractivity contribution >= 4 is 5.91 Å². The molecule has 0 radical (unpaired) electrons. The van der Waals surface area contributed by atoms with Crippen molar-refractivity contribution in [2.75, 3.05) is 40.0 Å². The summed E-state index contributed by atoms with van der Waals surface area (Å²) in [5.41, 5.74) is 5.50. The molecule has 0 bridgehead atoms. The molecule has 2 aliphatic rings. The zero-order valence-corrected chi connectivity index (χ0v) is 11.2. The highest BCUT2D eigenvalue weighted by molar-refractivity contribution is 5.83. The Morgan fingerprint density at radius 3 is 2.61 bits per heavy atom. The van der Waals surface area contributed by atoms with Crippen LogP contribution in [0.2, 0.25) is 0 Å². The fourth-order valence-electron chi connectivity index (χ4n) is 2.60. The third-order valence-corrected chi connectivity index (χ3v) is 4.08. The fourth-order valence-corrected chi connectivity index (χ4v) is 2.60. The van der Waals surface area contributed by atoms with Gasteiger partial charge in [0, 0.05) is 39.5 Å². The van der Waals surface area contributed by atoms with Gasteiger partial charge in [0.15, 0.2) is 0 Å². The molecular formula is C13H24N2O3. The van der Waals surface area contributed by atoms with E-state index in [4.69, 9.17) is 15.2 Å². The molecule has 0 atom stereocenters. The molecule has 2 rings (SSSR count). The molecule has 1 heterocycles. The molecule has 1 saturated carbocycles. The minimum Gasteiger partial charge on any atom is -0.383 e. The topological polar surface area (TPSA) is 64.8 Å². The van der Waals surface area contributed by atoms with Crippen LogP contribution in [0, 0.1) is 5.41 Å². The predicted octanol–water partition coefficient (Wildman–Crippen LogP) is 0.379. The Bertz CT molecular complexity index is 286. The molecule has 0 aromatic rings. The number of hydrogen-bond acceptors (Lipinski definition) is 4. The first kappa shape index (κ1) is 13.8. The highest BCUT2D eigenvalue weighted by atomic mass is 16.5. The van der Waals surface area contributed by atoms with Crippen LogP contribution in [0.4, 0.5) is 0 Å². The molecule has 5 nitrogen and oxygen atoms in total. The Morgan fingerprint density at radius 2 is 2.11 bits per heavy atom. The van der Waals surface area contributed by atoms with Gasteiger partial charge in [-0.05, 0) is 25.7 Å². The summed E-state index contributed by atoms with van der Waals surface area (Å²) in [7, 11) is 1.67. The van der Waals surface area contributed by atoms with Crippen LogP contribution in [0.5, 0.6) is 0 Å².